The largest absolute Gasteiger partial charge is 0.497 e. The molecule has 2 unspecified atom stereocenters. The summed E-state index contributed by atoms with van der Waals surface area (Å²) in [5.41, 5.74) is 4.64. The van der Waals surface area contributed by atoms with Crippen LogP contribution in [0.15, 0.2) is 47.6 Å². The van der Waals surface area contributed by atoms with E-state index < -0.39 is 8.32 Å². The van der Waals surface area contributed by atoms with Gasteiger partial charge < -0.3 is 13.9 Å². The molecule has 1 fully saturated rings. The lowest BCUT2D eigenvalue weighted by Crippen LogP contribution is -2.45. The van der Waals surface area contributed by atoms with Gasteiger partial charge in [0.25, 0.3) is 0 Å². The molecule has 176 valence electrons. The molecule has 1 aromatic rings. The topological polar surface area (TPSA) is 44.8 Å². The first-order chi connectivity index (χ1) is 15.0. The molecule has 2 atom stereocenters. The van der Waals surface area contributed by atoms with Crippen LogP contribution in [0.25, 0.3) is 0 Å². The molecule has 0 saturated heterocycles. The molecule has 3 rings (SSSR count). The summed E-state index contributed by atoms with van der Waals surface area (Å²) >= 11 is 0. The maximum atomic E-state index is 12.9. The van der Waals surface area contributed by atoms with Crippen LogP contribution in [-0.2, 0) is 20.6 Å². The lowest BCUT2D eigenvalue weighted by molar-refractivity contribution is -0.115. The van der Waals surface area contributed by atoms with Gasteiger partial charge in [0.05, 0.1) is 19.8 Å². The Morgan fingerprint density at radius 2 is 1.78 bits per heavy atom. The van der Waals surface area contributed by atoms with Crippen LogP contribution in [0.2, 0.25) is 18.1 Å². The lowest BCUT2D eigenvalue weighted by atomic mass is 9.80. The second-order valence-corrected chi connectivity index (χ2v) is 15.5. The summed E-state index contributed by atoms with van der Waals surface area (Å²) < 4.78 is 17.9. The minimum absolute atomic E-state index is 0.0174. The zero-order chi connectivity index (χ0) is 23.5. The number of ether oxygens (including phenoxy) is 2. The van der Waals surface area contributed by atoms with Gasteiger partial charge in [0.1, 0.15) is 5.75 Å². The Kier molecular flexibility index (Phi) is 7.84. The first kappa shape index (κ1) is 24.9. The third kappa shape index (κ3) is 5.80. The fourth-order valence-electron chi connectivity index (χ4n) is 4.49. The van der Waals surface area contributed by atoms with E-state index in [1.54, 1.807) is 7.11 Å². The number of ketones is 1. The van der Waals surface area contributed by atoms with Crippen molar-refractivity contribution in [2.75, 3.05) is 13.7 Å². The molecule has 4 nitrogen and oxygen atoms in total. The molecule has 5 heteroatoms. The number of methoxy groups -OCH3 is 1. The molecule has 0 heterocycles. The Hall–Kier alpha value is -1.69. The number of carbonyl (C=O) groups excluding carboxylic acids is 1. The maximum absolute atomic E-state index is 12.9. The highest BCUT2D eigenvalue weighted by molar-refractivity contribution is 6.74. The fourth-order valence-corrected chi connectivity index (χ4v) is 5.77. The summed E-state index contributed by atoms with van der Waals surface area (Å²) in [6, 6.07) is 7.93. The van der Waals surface area contributed by atoms with E-state index in [0.717, 1.165) is 42.6 Å². The Balaban J connectivity index is 1.63. The maximum Gasteiger partial charge on any atom is 0.192 e. The van der Waals surface area contributed by atoms with E-state index in [1.165, 1.54) is 11.1 Å². The van der Waals surface area contributed by atoms with Crippen molar-refractivity contribution in [2.24, 2.45) is 5.92 Å². The standard InChI is InChI=1S/C27H40O4Si/c1-19-15-21-17-24(28)23(26(21)25(16-19)31-32(6,7)27(2,3)4)9-8-14-30-18-20-10-12-22(29-5)13-11-20/h10-13,21,25H,1,8-9,14-18H2,2-7H3. The van der Waals surface area contributed by atoms with Gasteiger partial charge in [0.15, 0.2) is 14.1 Å². The highest BCUT2D eigenvalue weighted by Gasteiger charge is 2.45. The van der Waals surface area contributed by atoms with E-state index in [9.17, 15) is 4.79 Å². The predicted molar refractivity (Wildman–Crippen MR) is 132 cm³/mol. The Morgan fingerprint density at radius 3 is 2.41 bits per heavy atom. The fraction of sp³-hybridized carbons (Fsp3) is 0.593. The number of fused-ring (bicyclic) bond motifs is 1. The average molecular weight is 457 g/mol. The van der Waals surface area contributed by atoms with Crippen LogP contribution in [0.4, 0.5) is 0 Å². The van der Waals surface area contributed by atoms with E-state index in [-0.39, 0.29) is 17.1 Å². The number of benzene rings is 1. The van der Waals surface area contributed by atoms with Gasteiger partial charge in [-0.25, -0.2) is 0 Å². The molecule has 2 aliphatic carbocycles. The molecule has 0 radical (unpaired) electrons. The average Bonchev–Trinajstić information content (AvgIpc) is 3.02. The molecule has 0 bridgehead atoms. The lowest BCUT2D eigenvalue weighted by Gasteiger charge is -2.42. The van der Waals surface area contributed by atoms with Crippen molar-refractivity contribution in [2.45, 2.75) is 83.7 Å². The molecular formula is C27H40O4Si. The van der Waals surface area contributed by atoms with Crippen molar-refractivity contribution in [1.82, 2.24) is 0 Å². The number of carbonyl (C=O) groups is 1. The van der Waals surface area contributed by atoms with Crippen molar-refractivity contribution < 1.29 is 18.7 Å². The predicted octanol–water partition coefficient (Wildman–Crippen LogP) is 6.62. The number of rotatable bonds is 9. The summed E-state index contributed by atoms with van der Waals surface area (Å²) in [5, 5.41) is 0.139. The highest BCUT2D eigenvalue weighted by atomic mass is 28.4. The van der Waals surface area contributed by atoms with Crippen molar-refractivity contribution in [3.8, 4) is 5.75 Å². The van der Waals surface area contributed by atoms with Crippen LogP contribution in [-0.4, -0.2) is 33.9 Å². The summed E-state index contributed by atoms with van der Waals surface area (Å²) in [5.74, 6) is 1.44. The molecule has 32 heavy (non-hydrogen) atoms. The van der Waals surface area contributed by atoms with Gasteiger partial charge in [0.2, 0.25) is 0 Å². The quantitative estimate of drug-likeness (QED) is 0.238. The number of Topliss-reactive ketones (excluding diaryl/α,β-unsaturated/α-hetero) is 1. The van der Waals surface area contributed by atoms with Crippen LogP contribution < -0.4 is 4.74 Å². The van der Waals surface area contributed by atoms with Crippen LogP contribution in [0, 0.1) is 5.92 Å². The second-order valence-electron chi connectivity index (χ2n) is 10.8. The molecular weight excluding hydrogens is 416 g/mol. The minimum atomic E-state index is -1.94. The summed E-state index contributed by atoms with van der Waals surface area (Å²) in [6.45, 7) is 16.9. The van der Waals surface area contributed by atoms with Gasteiger partial charge in [-0.1, -0.05) is 45.1 Å². The molecule has 1 saturated carbocycles. The van der Waals surface area contributed by atoms with Crippen LogP contribution in [0.1, 0.15) is 58.4 Å². The summed E-state index contributed by atoms with van der Waals surface area (Å²) in [7, 11) is -0.275. The van der Waals surface area contributed by atoms with Crippen molar-refractivity contribution in [3.63, 3.8) is 0 Å². The van der Waals surface area contributed by atoms with E-state index >= 15 is 0 Å². The summed E-state index contributed by atoms with van der Waals surface area (Å²) in [6.07, 6.45) is 4.04. The zero-order valence-corrected chi connectivity index (χ0v) is 21.8. The van der Waals surface area contributed by atoms with Crippen LogP contribution in [0.5, 0.6) is 5.75 Å². The monoisotopic (exact) mass is 456 g/mol. The molecule has 2 aliphatic rings. The smallest absolute Gasteiger partial charge is 0.192 e. The van der Waals surface area contributed by atoms with Crippen LogP contribution in [0.3, 0.4) is 0 Å². The number of allylic oxidation sites excluding steroid dienone is 1. The first-order valence-electron chi connectivity index (χ1n) is 11.8. The molecule has 0 aromatic heterocycles. The highest BCUT2D eigenvalue weighted by Crippen LogP contribution is 2.47. The molecule has 0 amide bonds. The van der Waals surface area contributed by atoms with Gasteiger partial charge >= 0.3 is 0 Å². The normalized spacial score (nSPS) is 21.8. The van der Waals surface area contributed by atoms with Crippen molar-refractivity contribution >= 4 is 14.1 Å². The third-order valence-electron chi connectivity index (χ3n) is 7.30. The molecule has 0 aliphatic heterocycles. The van der Waals surface area contributed by atoms with Gasteiger partial charge in [-0.3, -0.25) is 4.79 Å². The first-order valence-corrected chi connectivity index (χ1v) is 14.7. The minimum Gasteiger partial charge on any atom is -0.497 e. The Bertz CT molecular complexity index is 861. The van der Waals surface area contributed by atoms with Gasteiger partial charge in [0, 0.05) is 13.0 Å². The van der Waals surface area contributed by atoms with E-state index in [1.807, 2.05) is 24.3 Å². The van der Waals surface area contributed by atoms with E-state index in [4.69, 9.17) is 13.9 Å². The van der Waals surface area contributed by atoms with Crippen molar-refractivity contribution in [1.29, 1.82) is 0 Å². The Labute approximate surface area is 195 Å². The zero-order valence-electron chi connectivity index (χ0n) is 20.8. The second kappa shape index (κ2) is 10.1. The molecule has 1 aromatic carbocycles. The number of hydrogen-bond acceptors (Lipinski definition) is 4. The van der Waals surface area contributed by atoms with E-state index in [2.05, 4.69) is 40.4 Å². The van der Waals surface area contributed by atoms with Crippen molar-refractivity contribution in [3.05, 3.63) is 53.1 Å². The van der Waals surface area contributed by atoms with Gasteiger partial charge in [-0.15, -0.1) is 0 Å². The molecule has 0 spiro atoms. The number of hydrogen-bond donors (Lipinski definition) is 0. The summed E-state index contributed by atoms with van der Waals surface area (Å²) in [4.78, 5) is 12.9. The third-order valence-corrected chi connectivity index (χ3v) is 11.8. The Morgan fingerprint density at radius 1 is 1.09 bits per heavy atom. The SMILES string of the molecule is C=C1CC2CC(=O)C(CCCOCc3ccc(OC)cc3)=C2C(O[Si](C)(C)C(C)(C)C)C1. The molecule has 0 N–H and O–H groups in total. The van der Waals surface area contributed by atoms with E-state index in [0.29, 0.717) is 25.4 Å². The van der Waals surface area contributed by atoms with Gasteiger partial charge in [-0.05, 0) is 78.6 Å². The van der Waals surface area contributed by atoms with Crippen LogP contribution >= 0.6 is 0 Å². The van der Waals surface area contributed by atoms with Gasteiger partial charge in [-0.2, -0.15) is 0 Å².